The van der Waals surface area contributed by atoms with Crippen molar-refractivity contribution in [3.05, 3.63) is 35.4 Å². The van der Waals surface area contributed by atoms with Crippen molar-refractivity contribution in [3.8, 4) is 0 Å². The highest BCUT2D eigenvalue weighted by Gasteiger charge is 2.63. The predicted molar refractivity (Wildman–Crippen MR) is 68.2 cm³/mol. The first-order chi connectivity index (χ1) is 7.87. The van der Waals surface area contributed by atoms with Crippen LogP contribution in [0.2, 0.25) is 0 Å². The molecular weight excluding hydrogens is 212 g/mol. The molecule has 0 spiro atoms. The van der Waals surface area contributed by atoms with E-state index >= 15 is 0 Å². The normalized spacial score (nSPS) is 25.9. The van der Waals surface area contributed by atoms with Crippen molar-refractivity contribution in [3.63, 3.8) is 0 Å². The van der Waals surface area contributed by atoms with E-state index in [-0.39, 0.29) is 17.3 Å². The summed E-state index contributed by atoms with van der Waals surface area (Å²) in [4.78, 5) is 11.2. The first-order valence-electron chi connectivity index (χ1n) is 6.19. The molecule has 1 N–H and O–H groups in total. The fourth-order valence-electron chi connectivity index (χ4n) is 3.00. The fraction of sp³-hybridized carbons (Fsp3) is 0.533. The molecule has 2 rings (SSSR count). The Kier molecular flexibility index (Phi) is 2.76. The first-order valence-corrected chi connectivity index (χ1v) is 6.19. The summed E-state index contributed by atoms with van der Waals surface area (Å²) in [6.07, 6.45) is 0. The van der Waals surface area contributed by atoms with Gasteiger partial charge in [0.1, 0.15) is 0 Å². The lowest BCUT2D eigenvalue weighted by Gasteiger charge is -2.13. The van der Waals surface area contributed by atoms with Gasteiger partial charge in [-0.2, -0.15) is 0 Å². The van der Waals surface area contributed by atoms with Crippen LogP contribution in [0.15, 0.2) is 24.3 Å². The zero-order chi connectivity index (χ0) is 12.8. The average Bonchev–Trinajstić information content (AvgIpc) is 2.81. The van der Waals surface area contributed by atoms with Gasteiger partial charge in [0.05, 0.1) is 5.92 Å². The van der Waals surface area contributed by atoms with Gasteiger partial charge < -0.3 is 5.11 Å². The van der Waals surface area contributed by atoms with E-state index in [2.05, 4.69) is 26.0 Å². The van der Waals surface area contributed by atoms with Crippen LogP contribution in [0.25, 0.3) is 0 Å². The summed E-state index contributed by atoms with van der Waals surface area (Å²) in [5.74, 6) is -0.295. The van der Waals surface area contributed by atoms with Crippen LogP contribution in [-0.2, 0) is 4.79 Å². The molecule has 0 aliphatic heterocycles. The number of aliphatic carboxylic acids is 1. The minimum absolute atomic E-state index is 0.114. The smallest absolute Gasteiger partial charge is 0.307 e. The Morgan fingerprint density at radius 3 is 2.35 bits per heavy atom. The summed E-state index contributed by atoms with van der Waals surface area (Å²) in [5.41, 5.74) is 2.39. The third-order valence-corrected chi connectivity index (χ3v) is 4.05. The molecule has 0 amide bonds. The molecule has 1 fully saturated rings. The Hall–Kier alpha value is -1.31. The molecule has 1 aromatic carbocycles. The van der Waals surface area contributed by atoms with Crippen molar-refractivity contribution >= 4 is 5.97 Å². The van der Waals surface area contributed by atoms with E-state index in [1.165, 1.54) is 11.1 Å². The van der Waals surface area contributed by atoms with Crippen molar-refractivity contribution in [2.75, 3.05) is 0 Å². The van der Waals surface area contributed by atoms with Crippen LogP contribution < -0.4 is 0 Å². The minimum atomic E-state index is -0.668. The van der Waals surface area contributed by atoms with Crippen molar-refractivity contribution in [2.24, 2.45) is 11.3 Å². The molecule has 1 saturated carbocycles. The third-order valence-electron chi connectivity index (χ3n) is 4.05. The van der Waals surface area contributed by atoms with Crippen LogP contribution in [0.3, 0.4) is 0 Å². The molecule has 1 aromatic rings. The minimum Gasteiger partial charge on any atom is -0.481 e. The van der Waals surface area contributed by atoms with Gasteiger partial charge in [0, 0.05) is 5.92 Å². The molecule has 0 aromatic heterocycles. The lowest BCUT2D eigenvalue weighted by molar-refractivity contribution is -0.139. The molecule has 1 aliphatic carbocycles. The Bertz CT molecular complexity index is 446. The van der Waals surface area contributed by atoms with Crippen LogP contribution in [0.5, 0.6) is 0 Å². The van der Waals surface area contributed by atoms with Gasteiger partial charge in [-0.1, -0.05) is 52.0 Å². The Morgan fingerprint density at radius 2 is 1.88 bits per heavy atom. The van der Waals surface area contributed by atoms with Crippen LogP contribution in [0, 0.1) is 11.3 Å². The predicted octanol–water partition coefficient (Wildman–Crippen LogP) is 3.63. The van der Waals surface area contributed by atoms with Crippen molar-refractivity contribution in [2.45, 2.75) is 39.5 Å². The molecule has 0 radical (unpaired) electrons. The second-order valence-electron chi connectivity index (χ2n) is 5.90. The average molecular weight is 232 g/mol. The van der Waals surface area contributed by atoms with Crippen LogP contribution in [0.1, 0.15) is 50.7 Å². The van der Waals surface area contributed by atoms with E-state index in [9.17, 15) is 9.90 Å². The Labute approximate surface area is 103 Å². The van der Waals surface area contributed by atoms with Crippen LogP contribution in [0.4, 0.5) is 0 Å². The number of carboxylic acids is 1. The Balaban J connectivity index is 2.40. The van der Waals surface area contributed by atoms with Gasteiger partial charge in [-0.25, -0.2) is 0 Å². The van der Waals surface area contributed by atoms with Crippen LogP contribution in [-0.4, -0.2) is 11.1 Å². The molecule has 1 aliphatic rings. The fourth-order valence-corrected chi connectivity index (χ4v) is 3.00. The maximum atomic E-state index is 11.2. The van der Waals surface area contributed by atoms with E-state index in [1.54, 1.807) is 0 Å². The molecule has 2 nitrogen and oxygen atoms in total. The first kappa shape index (κ1) is 12.2. The van der Waals surface area contributed by atoms with Crippen LogP contribution >= 0.6 is 0 Å². The van der Waals surface area contributed by atoms with E-state index in [0.717, 1.165) is 0 Å². The largest absolute Gasteiger partial charge is 0.481 e. The molecular formula is C15H20O2. The number of hydrogen-bond acceptors (Lipinski definition) is 1. The quantitative estimate of drug-likeness (QED) is 0.864. The monoisotopic (exact) mass is 232 g/mol. The van der Waals surface area contributed by atoms with E-state index in [1.807, 2.05) is 26.0 Å². The van der Waals surface area contributed by atoms with E-state index < -0.39 is 5.97 Å². The SMILES string of the molecule is CC(C)c1ccccc1[C@@H]1[C@@H](C(=O)O)C1(C)C. The zero-order valence-corrected chi connectivity index (χ0v) is 10.9. The van der Waals surface area contributed by atoms with E-state index in [0.29, 0.717) is 5.92 Å². The van der Waals surface area contributed by atoms with Crippen molar-refractivity contribution in [1.82, 2.24) is 0 Å². The van der Waals surface area contributed by atoms with E-state index in [4.69, 9.17) is 0 Å². The highest BCUT2D eigenvalue weighted by atomic mass is 16.4. The van der Waals surface area contributed by atoms with Gasteiger partial charge in [-0.05, 0) is 22.5 Å². The van der Waals surface area contributed by atoms with Crippen molar-refractivity contribution < 1.29 is 9.90 Å². The molecule has 0 heterocycles. The summed E-state index contributed by atoms with van der Waals surface area (Å²) in [5, 5.41) is 9.25. The second-order valence-corrected chi connectivity index (χ2v) is 5.90. The summed E-state index contributed by atoms with van der Waals surface area (Å²) in [7, 11) is 0. The lowest BCUT2D eigenvalue weighted by atomic mass is 9.92. The summed E-state index contributed by atoms with van der Waals surface area (Å²) < 4.78 is 0. The van der Waals surface area contributed by atoms with Gasteiger partial charge in [0.2, 0.25) is 0 Å². The van der Waals surface area contributed by atoms with Gasteiger partial charge in [-0.3, -0.25) is 4.79 Å². The number of hydrogen-bond donors (Lipinski definition) is 1. The van der Waals surface area contributed by atoms with Crippen molar-refractivity contribution in [1.29, 1.82) is 0 Å². The number of benzene rings is 1. The maximum Gasteiger partial charge on any atom is 0.307 e. The lowest BCUT2D eigenvalue weighted by Crippen LogP contribution is -2.03. The summed E-state index contributed by atoms with van der Waals surface area (Å²) in [6, 6.07) is 8.25. The van der Waals surface area contributed by atoms with Gasteiger partial charge in [-0.15, -0.1) is 0 Å². The standard InChI is InChI=1S/C15H20O2/c1-9(2)10-7-5-6-8-11(10)12-13(14(16)17)15(12,3)4/h5-9,12-13H,1-4H3,(H,16,17)/t12-,13+/m1/s1. The topological polar surface area (TPSA) is 37.3 Å². The molecule has 2 heteroatoms. The van der Waals surface area contributed by atoms with Gasteiger partial charge in [0.25, 0.3) is 0 Å². The highest BCUT2D eigenvalue weighted by molar-refractivity contribution is 5.77. The number of rotatable bonds is 3. The molecule has 2 atom stereocenters. The second kappa shape index (κ2) is 3.86. The van der Waals surface area contributed by atoms with Gasteiger partial charge in [0.15, 0.2) is 0 Å². The molecule has 92 valence electrons. The maximum absolute atomic E-state index is 11.2. The zero-order valence-electron chi connectivity index (χ0n) is 10.9. The number of carboxylic acid groups (broad SMARTS) is 1. The highest BCUT2D eigenvalue weighted by Crippen LogP contribution is 2.65. The summed E-state index contributed by atoms with van der Waals surface area (Å²) in [6.45, 7) is 8.41. The third kappa shape index (κ3) is 1.86. The molecule has 17 heavy (non-hydrogen) atoms. The van der Waals surface area contributed by atoms with Gasteiger partial charge >= 0.3 is 5.97 Å². The molecule has 0 saturated heterocycles. The molecule has 0 unspecified atom stereocenters. The molecule has 0 bridgehead atoms. The summed E-state index contributed by atoms with van der Waals surface area (Å²) >= 11 is 0. The Morgan fingerprint density at radius 1 is 1.29 bits per heavy atom. The number of carbonyl (C=O) groups is 1.